The third kappa shape index (κ3) is 1.70. The summed E-state index contributed by atoms with van der Waals surface area (Å²) in [5.74, 6) is 0.934. The van der Waals surface area contributed by atoms with Crippen LogP contribution in [0, 0.1) is 11.3 Å². The number of aliphatic hydroxyl groups is 1. The van der Waals surface area contributed by atoms with E-state index in [9.17, 15) is 10.2 Å². The van der Waals surface area contributed by atoms with Crippen molar-refractivity contribution in [2.45, 2.75) is 44.6 Å². The van der Waals surface area contributed by atoms with Gasteiger partial charge >= 0.3 is 0 Å². The molecule has 116 valence electrons. The molecule has 2 fully saturated rings. The van der Waals surface area contributed by atoms with Crippen LogP contribution in [0.1, 0.15) is 43.2 Å². The maximum absolute atomic E-state index is 10.5. The Labute approximate surface area is 129 Å². The highest BCUT2D eigenvalue weighted by atomic mass is 16.4. The molecule has 22 heavy (non-hydrogen) atoms. The highest BCUT2D eigenvalue weighted by molar-refractivity contribution is 5.92. The van der Waals surface area contributed by atoms with Crippen LogP contribution < -0.4 is 0 Å². The Morgan fingerprint density at radius 3 is 2.91 bits per heavy atom. The van der Waals surface area contributed by atoms with Gasteiger partial charge in [0.25, 0.3) is 0 Å². The van der Waals surface area contributed by atoms with Crippen molar-refractivity contribution in [2.24, 2.45) is 16.5 Å². The van der Waals surface area contributed by atoms with Crippen LogP contribution in [-0.2, 0) is 6.42 Å². The number of phenols is 1. The number of phenolic OH excluding ortho intramolecular Hbond substituents is 1. The van der Waals surface area contributed by atoms with Crippen LogP contribution in [0.2, 0.25) is 0 Å². The maximum atomic E-state index is 10.5. The minimum atomic E-state index is -0.648. The van der Waals surface area contributed by atoms with Gasteiger partial charge < -0.3 is 15.4 Å². The Hall–Kier alpha value is -1.81. The first kappa shape index (κ1) is 13.8. The van der Waals surface area contributed by atoms with Crippen molar-refractivity contribution in [3.63, 3.8) is 0 Å². The SMILES string of the molecule is CC12CCC3C(=CCc4cc(O)ccc43)C1C/C(=N\O)C2O. The monoisotopic (exact) mass is 299 g/mol. The lowest BCUT2D eigenvalue weighted by molar-refractivity contribution is 0.0501. The van der Waals surface area contributed by atoms with E-state index in [1.807, 2.05) is 12.1 Å². The number of aliphatic hydroxyl groups excluding tert-OH is 1. The highest BCUT2D eigenvalue weighted by Crippen LogP contribution is 2.58. The molecule has 0 bridgehead atoms. The van der Waals surface area contributed by atoms with Crippen LogP contribution in [0.25, 0.3) is 0 Å². The van der Waals surface area contributed by atoms with Gasteiger partial charge in [0.15, 0.2) is 0 Å². The lowest BCUT2D eigenvalue weighted by atomic mass is 9.59. The summed E-state index contributed by atoms with van der Waals surface area (Å²) < 4.78 is 0. The normalized spacial score (nSPS) is 38.2. The van der Waals surface area contributed by atoms with Gasteiger partial charge in [-0.05, 0) is 54.9 Å². The lowest BCUT2D eigenvalue weighted by Crippen LogP contribution is -2.40. The topological polar surface area (TPSA) is 73.1 Å². The molecule has 4 nitrogen and oxygen atoms in total. The van der Waals surface area contributed by atoms with E-state index in [4.69, 9.17) is 5.21 Å². The molecule has 3 aliphatic rings. The first-order valence-electron chi connectivity index (χ1n) is 7.95. The molecule has 0 heterocycles. The molecular weight excluding hydrogens is 278 g/mol. The van der Waals surface area contributed by atoms with E-state index in [-0.39, 0.29) is 11.3 Å². The second-order valence-corrected chi connectivity index (χ2v) is 7.14. The second-order valence-electron chi connectivity index (χ2n) is 7.14. The summed E-state index contributed by atoms with van der Waals surface area (Å²) in [6.07, 6.45) is 4.99. The summed E-state index contributed by atoms with van der Waals surface area (Å²) in [5.41, 5.74) is 4.18. The fourth-order valence-electron chi connectivity index (χ4n) is 4.85. The van der Waals surface area contributed by atoms with Crippen molar-refractivity contribution in [1.82, 2.24) is 0 Å². The zero-order valence-electron chi connectivity index (χ0n) is 12.7. The van der Waals surface area contributed by atoms with Crippen LogP contribution in [0.5, 0.6) is 5.75 Å². The third-order valence-electron chi connectivity index (χ3n) is 6.11. The van der Waals surface area contributed by atoms with E-state index in [1.165, 1.54) is 16.7 Å². The number of benzene rings is 1. The van der Waals surface area contributed by atoms with Crippen molar-refractivity contribution >= 4 is 5.71 Å². The molecule has 3 N–H and O–H groups in total. The number of hydrogen-bond acceptors (Lipinski definition) is 4. The largest absolute Gasteiger partial charge is 0.508 e. The Kier molecular flexibility index (Phi) is 2.89. The fourth-order valence-corrected chi connectivity index (χ4v) is 4.85. The van der Waals surface area contributed by atoms with Gasteiger partial charge in [-0.1, -0.05) is 29.8 Å². The molecule has 0 saturated heterocycles. The smallest absolute Gasteiger partial charge is 0.115 e. The first-order valence-corrected chi connectivity index (χ1v) is 7.95. The first-order chi connectivity index (χ1) is 10.5. The lowest BCUT2D eigenvalue weighted by Gasteiger charge is -2.45. The number of oxime groups is 1. The average molecular weight is 299 g/mol. The summed E-state index contributed by atoms with van der Waals surface area (Å²) in [6, 6.07) is 5.66. The van der Waals surface area contributed by atoms with Gasteiger partial charge in [0.05, 0.1) is 5.71 Å². The standard InChI is InChI=1S/C18H21NO3/c1-18-7-6-13-12-5-3-11(20)8-10(12)2-4-14(13)15(18)9-16(19-22)17(18)21/h3-5,8,13,15,17,20-22H,2,6-7,9H2,1H3/b19-16+. The Balaban J connectivity index is 1.76. The minimum Gasteiger partial charge on any atom is -0.508 e. The van der Waals surface area contributed by atoms with Crippen LogP contribution in [0.3, 0.4) is 0 Å². The van der Waals surface area contributed by atoms with Crippen molar-refractivity contribution < 1.29 is 15.4 Å². The molecule has 1 aromatic rings. The Morgan fingerprint density at radius 2 is 2.14 bits per heavy atom. The summed E-state index contributed by atoms with van der Waals surface area (Å²) >= 11 is 0. The molecule has 4 heteroatoms. The summed E-state index contributed by atoms with van der Waals surface area (Å²) in [7, 11) is 0. The zero-order chi connectivity index (χ0) is 15.5. The van der Waals surface area contributed by atoms with Crippen molar-refractivity contribution in [1.29, 1.82) is 0 Å². The number of fused-ring (bicyclic) bond motifs is 5. The number of nitrogens with zero attached hydrogens (tertiary/aromatic N) is 1. The molecule has 0 amide bonds. The number of aromatic hydroxyl groups is 1. The van der Waals surface area contributed by atoms with Crippen molar-refractivity contribution in [2.75, 3.05) is 0 Å². The highest BCUT2D eigenvalue weighted by Gasteiger charge is 2.55. The Morgan fingerprint density at radius 1 is 1.32 bits per heavy atom. The molecular formula is C18H21NO3. The van der Waals surface area contributed by atoms with Crippen LogP contribution in [0.4, 0.5) is 0 Å². The fraction of sp³-hybridized carbons (Fsp3) is 0.500. The number of allylic oxidation sites excluding steroid dienone is 2. The molecule has 0 aliphatic heterocycles. The van der Waals surface area contributed by atoms with Crippen LogP contribution in [0.15, 0.2) is 35.0 Å². The molecule has 2 saturated carbocycles. The van der Waals surface area contributed by atoms with E-state index in [1.54, 1.807) is 6.07 Å². The van der Waals surface area contributed by atoms with E-state index < -0.39 is 6.10 Å². The maximum Gasteiger partial charge on any atom is 0.115 e. The second kappa shape index (κ2) is 4.59. The van der Waals surface area contributed by atoms with Gasteiger partial charge in [0.2, 0.25) is 0 Å². The predicted molar refractivity (Wildman–Crippen MR) is 83.3 cm³/mol. The van der Waals surface area contributed by atoms with Gasteiger partial charge in [0.1, 0.15) is 11.9 Å². The van der Waals surface area contributed by atoms with E-state index >= 15 is 0 Å². The zero-order valence-corrected chi connectivity index (χ0v) is 12.7. The summed E-state index contributed by atoms with van der Waals surface area (Å²) in [6.45, 7) is 2.11. The van der Waals surface area contributed by atoms with Gasteiger partial charge in [-0.25, -0.2) is 0 Å². The predicted octanol–water partition coefficient (Wildman–Crippen LogP) is 2.97. The van der Waals surface area contributed by atoms with Gasteiger partial charge in [-0.3, -0.25) is 0 Å². The Bertz CT molecular complexity index is 694. The van der Waals surface area contributed by atoms with Gasteiger partial charge in [-0.15, -0.1) is 0 Å². The van der Waals surface area contributed by atoms with Crippen molar-refractivity contribution in [3.8, 4) is 5.75 Å². The van der Waals surface area contributed by atoms with Gasteiger partial charge in [-0.2, -0.15) is 0 Å². The molecule has 4 rings (SSSR count). The molecule has 4 atom stereocenters. The molecule has 4 unspecified atom stereocenters. The minimum absolute atomic E-state index is 0.224. The summed E-state index contributed by atoms with van der Waals surface area (Å²) in [5, 5.41) is 32.7. The van der Waals surface area contributed by atoms with Crippen molar-refractivity contribution in [3.05, 3.63) is 41.0 Å². The quantitative estimate of drug-likeness (QED) is 0.392. The molecule has 0 aromatic heterocycles. The number of hydrogen-bond donors (Lipinski definition) is 3. The molecule has 3 aliphatic carbocycles. The van der Waals surface area contributed by atoms with Crippen LogP contribution in [-0.4, -0.2) is 27.2 Å². The van der Waals surface area contributed by atoms with E-state index in [0.29, 0.717) is 23.8 Å². The van der Waals surface area contributed by atoms with E-state index in [2.05, 4.69) is 18.2 Å². The average Bonchev–Trinajstić information content (AvgIpc) is 2.78. The number of rotatable bonds is 0. The van der Waals surface area contributed by atoms with Crippen LogP contribution >= 0.6 is 0 Å². The molecule has 1 aromatic carbocycles. The summed E-state index contributed by atoms with van der Waals surface area (Å²) in [4.78, 5) is 0. The van der Waals surface area contributed by atoms with Gasteiger partial charge in [0, 0.05) is 11.3 Å². The third-order valence-corrected chi connectivity index (χ3v) is 6.11. The van der Waals surface area contributed by atoms with E-state index in [0.717, 1.165) is 19.3 Å². The molecule has 0 spiro atoms. The molecule has 0 radical (unpaired) electrons.